The third-order valence-corrected chi connectivity index (χ3v) is 5.40. The smallest absolute Gasteiger partial charge is 0.338 e. The SMILES string of the molecule is Cc1cc(C(=O)O)c(NC(=O)CSCc2cccs2)s1. The van der Waals surface area contributed by atoms with Crippen LogP contribution in [0.4, 0.5) is 5.00 Å². The number of aryl methyl sites for hydroxylation is 1. The molecule has 0 radical (unpaired) electrons. The van der Waals surface area contributed by atoms with Crippen LogP contribution in [0.1, 0.15) is 20.1 Å². The van der Waals surface area contributed by atoms with Crippen molar-refractivity contribution in [3.05, 3.63) is 38.9 Å². The topological polar surface area (TPSA) is 66.4 Å². The molecule has 0 aliphatic heterocycles. The van der Waals surface area contributed by atoms with Crippen molar-refractivity contribution in [3.63, 3.8) is 0 Å². The monoisotopic (exact) mass is 327 g/mol. The van der Waals surface area contributed by atoms with E-state index in [4.69, 9.17) is 5.11 Å². The van der Waals surface area contributed by atoms with Gasteiger partial charge in [0.05, 0.1) is 11.3 Å². The average Bonchev–Trinajstić information content (AvgIpc) is 2.99. The average molecular weight is 327 g/mol. The molecule has 2 rings (SSSR count). The van der Waals surface area contributed by atoms with Gasteiger partial charge in [0.25, 0.3) is 0 Å². The van der Waals surface area contributed by atoms with Crippen LogP contribution in [0, 0.1) is 6.92 Å². The van der Waals surface area contributed by atoms with Crippen molar-refractivity contribution in [1.29, 1.82) is 0 Å². The second kappa shape index (κ2) is 6.92. The molecule has 0 unspecified atom stereocenters. The quantitative estimate of drug-likeness (QED) is 0.849. The van der Waals surface area contributed by atoms with Gasteiger partial charge in [0.2, 0.25) is 5.91 Å². The molecule has 1 amide bonds. The second-order valence-electron chi connectivity index (χ2n) is 4.03. The lowest BCUT2D eigenvalue weighted by atomic mass is 10.3. The van der Waals surface area contributed by atoms with Crippen molar-refractivity contribution < 1.29 is 14.7 Å². The second-order valence-corrected chi connectivity index (χ2v) is 7.30. The maximum Gasteiger partial charge on any atom is 0.338 e. The van der Waals surface area contributed by atoms with Crippen LogP contribution in [0.3, 0.4) is 0 Å². The summed E-state index contributed by atoms with van der Waals surface area (Å²) in [6, 6.07) is 5.58. The number of carbonyl (C=O) groups excluding carboxylic acids is 1. The third kappa shape index (κ3) is 4.09. The zero-order chi connectivity index (χ0) is 14.5. The first-order valence-electron chi connectivity index (χ1n) is 5.80. The molecule has 2 aromatic heterocycles. The Kier molecular flexibility index (Phi) is 5.22. The molecule has 0 saturated heterocycles. The van der Waals surface area contributed by atoms with Gasteiger partial charge in [0, 0.05) is 15.5 Å². The molecular weight excluding hydrogens is 314 g/mol. The largest absolute Gasteiger partial charge is 0.478 e. The van der Waals surface area contributed by atoms with E-state index in [1.807, 2.05) is 24.4 Å². The van der Waals surface area contributed by atoms with Gasteiger partial charge in [0.15, 0.2) is 0 Å². The molecule has 2 heterocycles. The van der Waals surface area contributed by atoms with Gasteiger partial charge in [-0.05, 0) is 24.4 Å². The van der Waals surface area contributed by atoms with Crippen molar-refractivity contribution in [3.8, 4) is 0 Å². The summed E-state index contributed by atoms with van der Waals surface area (Å²) in [5, 5.41) is 14.1. The third-order valence-electron chi connectivity index (χ3n) is 2.40. The predicted octanol–water partition coefficient (Wildman–Crippen LogP) is 3.69. The first-order valence-corrected chi connectivity index (χ1v) is 8.65. The Morgan fingerprint density at radius 2 is 2.25 bits per heavy atom. The lowest BCUT2D eigenvalue weighted by molar-refractivity contribution is -0.113. The summed E-state index contributed by atoms with van der Waals surface area (Å²) in [6.45, 7) is 1.82. The molecule has 0 aliphatic rings. The number of aromatic carboxylic acids is 1. The molecule has 0 spiro atoms. The van der Waals surface area contributed by atoms with Crippen LogP contribution in [0.15, 0.2) is 23.6 Å². The van der Waals surface area contributed by atoms with Gasteiger partial charge in [0.1, 0.15) is 5.00 Å². The van der Waals surface area contributed by atoms with Crippen molar-refractivity contribution >= 4 is 51.3 Å². The highest BCUT2D eigenvalue weighted by Crippen LogP contribution is 2.27. The summed E-state index contributed by atoms with van der Waals surface area (Å²) < 4.78 is 0. The van der Waals surface area contributed by atoms with E-state index >= 15 is 0 Å². The van der Waals surface area contributed by atoms with Crippen LogP contribution in [-0.4, -0.2) is 22.7 Å². The number of amides is 1. The van der Waals surface area contributed by atoms with Crippen LogP contribution in [0.5, 0.6) is 0 Å². The Labute approximate surface area is 128 Å². The fraction of sp³-hybridized carbons (Fsp3) is 0.231. The van der Waals surface area contributed by atoms with Crippen LogP contribution in [-0.2, 0) is 10.5 Å². The zero-order valence-corrected chi connectivity index (χ0v) is 13.2. The molecule has 20 heavy (non-hydrogen) atoms. The van der Waals surface area contributed by atoms with Crippen LogP contribution >= 0.6 is 34.4 Å². The van der Waals surface area contributed by atoms with Gasteiger partial charge in [-0.2, -0.15) is 0 Å². The molecule has 0 atom stereocenters. The fourth-order valence-corrected chi connectivity index (χ4v) is 4.16. The fourth-order valence-electron chi connectivity index (χ4n) is 1.57. The van der Waals surface area contributed by atoms with Crippen LogP contribution < -0.4 is 5.32 Å². The maximum atomic E-state index is 11.8. The maximum absolute atomic E-state index is 11.8. The molecule has 2 aromatic rings. The molecular formula is C13H13NO3S3. The van der Waals surface area contributed by atoms with Crippen molar-refractivity contribution in [2.45, 2.75) is 12.7 Å². The summed E-state index contributed by atoms with van der Waals surface area (Å²) in [6.07, 6.45) is 0. The van der Waals surface area contributed by atoms with Crippen molar-refractivity contribution in [2.24, 2.45) is 0 Å². The van der Waals surface area contributed by atoms with Gasteiger partial charge in [-0.25, -0.2) is 4.79 Å². The van der Waals surface area contributed by atoms with Gasteiger partial charge in [-0.15, -0.1) is 34.4 Å². The lowest BCUT2D eigenvalue weighted by Crippen LogP contribution is -2.15. The standard InChI is InChI=1S/C13H13NO3S3/c1-8-5-10(13(16)17)12(20-8)14-11(15)7-18-6-9-3-2-4-19-9/h2-5H,6-7H2,1H3,(H,14,15)(H,16,17). The summed E-state index contributed by atoms with van der Waals surface area (Å²) in [7, 11) is 0. The van der Waals surface area contributed by atoms with Gasteiger partial charge < -0.3 is 10.4 Å². The number of hydrogen-bond donors (Lipinski definition) is 2. The highest BCUT2D eigenvalue weighted by atomic mass is 32.2. The van der Waals surface area contributed by atoms with Gasteiger partial charge in [-0.3, -0.25) is 4.79 Å². The number of anilines is 1. The lowest BCUT2D eigenvalue weighted by Gasteiger charge is -2.03. The number of hydrogen-bond acceptors (Lipinski definition) is 5. The molecule has 106 valence electrons. The minimum absolute atomic E-state index is 0.157. The number of thiophene rings is 2. The molecule has 0 saturated carbocycles. The van der Waals surface area contributed by atoms with Gasteiger partial charge >= 0.3 is 5.97 Å². The number of carboxylic acid groups (broad SMARTS) is 1. The highest BCUT2D eigenvalue weighted by molar-refractivity contribution is 7.99. The number of carboxylic acids is 1. The van der Waals surface area contributed by atoms with E-state index in [-0.39, 0.29) is 11.5 Å². The molecule has 0 fully saturated rings. The summed E-state index contributed by atoms with van der Waals surface area (Å²) >= 11 is 4.46. The molecule has 0 aliphatic carbocycles. The minimum atomic E-state index is -1.02. The number of thioether (sulfide) groups is 1. The molecule has 0 bridgehead atoms. The van der Waals surface area contributed by atoms with E-state index in [1.54, 1.807) is 17.4 Å². The summed E-state index contributed by atoms with van der Waals surface area (Å²) in [5.74, 6) is -0.0827. The van der Waals surface area contributed by atoms with E-state index in [9.17, 15) is 9.59 Å². The Morgan fingerprint density at radius 3 is 2.90 bits per heavy atom. The number of nitrogens with one attached hydrogen (secondary N) is 1. The zero-order valence-electron chi connectivity index (χ0n) is 10.7. The Bertz CT molecular complexity index is 604. The molecule has 0 aromatic carbocycles. The normalized spacial score (nSPS) is 10.4. The van der Waals surface area contributed by atoms with E-state index in [0.717, 1.165) is 10.6 Å². The minimum Gasteiger partial charge on any atom is -0.478 e. The van der Waals surface area contributed by atoms with Crippen molar-refractivity contribution in [2.75, 3.05) is 11.1 Å². The molecule has 7 heteroatoms. The number of rotatable bonds is 6. The van der Waals surface area contributed by atoms with E-state index < -0.39 is 5.97 Å². The first kappa shape index (κ1) is 15.1. The Morgan fingerprint density at radius 1 is 1.45 bits per heavy atom. The highest BCUT2D eigenvalue weighted by Gasteiger charge is 2.15. The van der Waals surface area contributed by atoms with Crippen LogP contribution in [0.2, 0.25) is 0 Å². The van der Waals surface area contributed by atoms with Crippen molar-refractivity contribution in [1.82, 2.24) is 0 Å². The Balaban J connectivity index is 1.86. The molecule has 2 N–H and O–H groups in total. The first-order chi connectivity index (χ1) is 9.56. The van der Waals surface area contributed by atoms with Crippen LogP contribution in [0.25, 0.3) is 0 Å². The van der Waals surface area contributed by atoms with E-state index in [2.05, 4.69) is 5.32 Å². The number of carbonyl (C=O) groups is 2. The molecule has 4 nitrogen and oxygen atoms in total. The summed E-state index contributed by atoms with van der Waals surface area (Å²) in [4.78, 5) is 24.9. The van der Waals surface area contributed by atoms with E-state index in [0.29, 0.717) is 10.8 Å². The van der Waals surface area contributed by atoms with E-state index in [1.165, 1.54) is 28.0 Å². The summed E-state index contributed by atoms with van der Waals surface area (Å²) in [5.41, 5.74) is 0.157. The predicted molar refractivity (Wildman–Crippen MR) is 85.1 cm³/mol. The van der Waals surface area contributed by atoms with Gasteiger partial charge in [-0.1, -0.05) is 6.07 Å². The Hall–Kier alpha value is -1.31.